The number of carboxylic acids is 1. The van der Waals surface area contributed by atoms with Crippen molar-refractivity contribution in [3.05, 3.63) is 48.0 Å². The van der Waals surface area contributed by atoms with E-state index >= 15 is 0 Å². The van der Waals surface area contributed by atoms with Crippen LogP contribution in [0.2, 0.25) is 0 Å². The van der Waals surface area contributed by atoms with Gasteiger partial charge in [-0.05, 0) is 35.4 Å². The highest BCUT2D eigenvalue weighted by Crippen LogP contribution is 2.19. The lowest BCUT2D eigenvalue weighted by atomic mass is 10.0. The first-order valence-electron chi connectivity index (χ1n) is 6.76. The van der Waals surface area contributed by atoms with Crippen LogP contribution in [0.15, 0.2) is 42.5 Å². The Labute approximate surface area is 118 Å². The predicted octanol–water partition coefficient (Wildman–Crippen LogP) is 2.33. The third-order valence-corrected chi connectivity index (χ3v) is 3.24. The summed E-state index contributed by atoms with van der Waals surface area (Å²) < 4.78 is 0. The fraction of sp³-hybridized carbons (Fsp3) is 0.312. The molecule has 3 N–H and O–H groups in total. The highest BCUT2D eigenvalue weighted by atomic mass is 16.4. The third-order valence-electron chi connectivity index (χ3n) is 3.24. The average molecular weight is 273 g/mol. The van der Waals surface area contributed by atoms with Crippen LogP contribution in [0.4, 0.5) is 0 Å². The van der Waals surface area contributed by atoms with Gasteiger partial charge in [0.2, 0.25) is 0 Å². The lowest BCUT2D eigenvalue weighted by Gasteiger charge is -2.13. The van der Waals surface area contributed by atoms with E-state index in [0.29, 0.717) is 19.5 Å². The second-order valence-electron chi connectivity index (χ2n) is 4.82. The minimum absolute atomic E-state index is 0.152. The maximum absolute atomic E-state index is 10.4. The topological polar surface area (TPSA) is 69.6 Å². The van der Waals surface area contributed by atoms with Crippen LogP contribution in [0, 0.1) is 0 Å². The van der Waals surface area contributed by atoms with E-state index in [4.69, 9.17) is 5.11 Å². The summed E-state index contributed by atoms with van der Waals surface area (Å²) in [5, 5.41) is 24.0. The van der Waals surface area contributed by atoms with E-state index in [0.717, 1.165) is 16.3 Å². The largest absolute Gasteiger partial charge is 0.481 e. The first-order chi connectivity index (χ1) is 9.66. The first-order valence-corrected chi connectivity index (χ1v) is 6.76. The van der Waals surface area contributed by atoms with Gasteiger partial charge in [0.15, 0.2) is 0 Å². The quantitative estimate of drug-likeness (QED) is 0.677. The Morgan fingerprint density at radius 2 is 1.90 bits per heavy atom. The molecule has 4 nitrogen and oxygen atoms in total. The molecular formula is C16H19NO3. The first kappa shape index (κ1) is 14.5. The number of hydrogen-bond acceptors (Lipinski definition) is 3. The monoisotopic (exact) mass is 273 g/mol. The fourth-order valence-electron chi connectivity index (χ4n) is 2.14. The van der Waals surface area contributed by atoms with E-state index in [1.807, 2.05) is 42.5 Å². The molecule has 0 radical (unpaired) electrons. The summed E-state index contributed by atoms with van der Waals surface area (Å²) in [5.74, 6) is -0.790. The van der Waals surface area contributed by atoms with Crippen molar-refractivity contribution in [2.24, 2.45) is 0 Å². The summed E-state index contributed by atoms with van der Waals surface area (Å²) in [5.41, 5.74) is 0.870. The Kier molecular flexibility index (Phi) is 5.09. The number of hydrogen-bond donors (Lipinski definition) is 3. The summed E-state index contributed by atoms with van der Waals surface area (Å²) >= 11 is 0. The normalized spacial score (nSPS) is 12.4. The number of carbonyl (C=O) groups is 1. The van der Waals surface area contributed by atoms with Gasteiger partial charge in [-0.15, -0.1) is 0 Å². The Bertz CT molecular complexity index is 583. The van der Waals surface area contributed by atoms with Crippen molar-refractivity contribution in [1.82, 2.24) is 5.32 Å². The zero-order valence-electron chi connectivity index (χ0n) is 11.2. The van der Waals surface area contributed by atoms with E-state index in [1.54, 1.807) is 0 Å². The molecule has 0 saturated carbocycles. The summed E-state index contributed by atoms with van der Waals surface area (Å²) in [6.45, 7) is 1.02. The van der Waals surface area contributed by atoms with Crippen molar-refractivity contribution in [2.75, 3.05) is 13.1 Å². The van der Waals surface area contributed by atoms with Crippen LogP contribution in [-0.2, 0) is 4.79 Å². The van der Waals surface area contributed by atoms with Gasteiger partial charge in [0.1, 0.15) is 0 Å². The molecule has 4 heteroatoms. The number of nitrogens with one attached hydrogen (secondary N) is 1. The number of benzene rings is 2. The number of rotatable bonds is 7. The van der Waals surface area contributed by atoms with Crippen molar-refractivity contribution < 1.29 is 15.0 Å². The summed E-state index contributed by atoms with van der Waals surface area (Å²) in [6.07, 6.45) is 0.142. The van der Waals surface area contributed by atoms with E-state index in [1.165, 1.54) is 0 Å². The van der Waals surface area contributed by atoms with E-state index in [2.05, 4.69) is 5.32 Å². The van der Waals surface area contributed by atoms with Gasteiger partial charge in [0.25, 0.3) is 0 Å². The molecule has 0 amide bonds. The molecule has 0 saturated heterocycles. The average Bonchev–Trinajstić information content (AvgIpc) is 2.46. The van der Waals surface area contributed by atoms with Gasteiger partial charge in [0.05, 0.1) is 6.10 Å². The molecule has 0 aliphatic rings. The Hall–Kier alpha value is -1.91. The molecule has 0 aliphatic carbocycles. The highest BCUT2D eigenvalue weighted by Gasteiger charge is 2.07. The van der Waals surface area contributed by atoms with Crippen LogP contribution in [0.25, 0.3) is 10.8 Å². The zero-order chi connectivity index (χ0) is 14.4. The molecule has 2 rings (SSSR count). The number of fused-ring (bicyclic) bond motifs is 1. The van der Waals surface area contributed by atoms with Crippen LogP contribution >= 0.6 is 0 Å². The molecule has 1 unspecified atom stereocenters. The van der Waals surface area contributed by atoms with Crippen molar-refractivity contribution in [3.8, 4) is 0 Å². The molecule has 2 aromatic rings. The SMILES string of the molecule is O=C(O)CCCNCC(O)c1ccc2ccccc2c1. The van der Waals surface area contributed by atoms with Gasteiger partial charge >= 0.3 is 5.97 Å². The number of aliphatic carboxylic acids is 1. The Morgan fingerprint density at radius 3 is 2.65 bits per heavy atom. The van der Waals surface area contributed by atoms with Crippen molar-refractivity contribution in [2.45, 2.75) is 18.9 Å². The fourth-order valence-corrected chi connectivity index (χ4v) is 2.14. The summed E-state index contributed by atoms with van der Waals surface area (Å²) in [7, 11) is 0. The van der Waals surface area contributed by atoms with Crippen molar-refractivity contribution >= 4 is 16.7 Å². The molecule has 0 aromatic heterocycles. The number of aliphatic hydroxyl groups is 1. The van der Waals surface area contributed by atoms with Crippen LogP contribution in [0.1, 0.15) is 24.5 Å². The second-order valence-corrected chi connectivity index (χ2v) is 4.82. The lowest BCUT2D eigenvalue weighted by Crippen LogP contribution is -2.23. The highest BCUT2D eigenvalue weighted by molar-refractivity contribution is 5.83. The van der Waals surface area contributed by atoms with Crippen molar-refractivity contribution in [1.29, 1.82) is 0 Å². The number of aliphatic hydroxyl groups excluding tert-OH is 1. The minimum Gasteiger partial charge on any atom is -0.481 e. The molecule has 106 valence electrons. The maximum Gasteiger partial charge on any atom is 0.303 e. The van der Waals surface area contributed by atoms with Crippen LogP contribution < -0.4 is 5.32 Å². The Morgan fingerprint density at radius 1 is 1.15 bits per heavy atom. The second kappa shape index (κ2) is 7.03. The standard InChI is InChI=1S/C16H19NO3/c18-15(11-17-9-3-6-16(19)20)14-8-7-12-4-1-2-5-13(12)10-14/h1-2,4-5,7-8,10,15,17-18H,3,6,9,11H2,(H,19,20). The third kappa shape index (κ3) is 4.05. The molecule has 20 heavy (non-hydrogen) atoms. The van der Waals surface area contributed by atoms with E-state index in [-0.39, 0.29) is 6.42 Å². The van der Waals surface area contributed by atoms with E-state index < -0.39 is 12.1 Å². The van der Waals surface area contributed by atoms with Gasteiger partial charge < -0.3 is 15.5 Å². The summed E-state index contributed by atoms with van der Waals surface area (Å²) in [6, 6.07) is 13.9. The smallest absolute Gasteiger partial charge is 0.303 e. The van der Waals surface area contributed by atoms with Crippen LogP contribution in [-0.4, -0.2) is 29.3 Å². The van der Waals surface area contributed by atoms with Gasteiger partial charge in [0, 0.05) is 13.0 Å². The summed E-state index contributed by atoms with van der Waals surface area (Å²) in [4.78, 5) is 10.4. The van der Waals surface area contributed by atoms with Gasteiger partial charge in [-0.3, -0.25) is 4.79 Å². The molecule has 1 atom stereocenters. The lowest BCUT2D eigenvalue weighted by molar-refractivity contribution is -0.137. The van der Waals surface area contributed by atoms with E-state index in [9.17, 15) is 9.90 Å². The molecule has 0 fully saturated rings. The molecule has 0 bridgehead atoms. The zero-order valence-corrected chi connectivity index (χ0v) is 11.2. The van der Waals surface area contributed by atoms with Gasteiger partial charge in [-0.2, -0.15) is 0 Å². The van der Waals surface area contributed by atoms with Crippen molar-refractivity contribution in [3.63, 3.8) is 0 Å². The molecule has 0 heterocycles. The minimum atomic E-state index is -0.790. The number of carboxylic acid groups (broad SMARTS) is 1. The van der Waals surface area contributed by atoms with Gasteiger partial charge in [-0.25, -0.2) is 0 Å². The maximum atomic E-state index is 10.4. The molecule has 0 spiro atoms. The molecular weight excluding hydrogens is 254 g/mol. The predicted molar refractivity (Wildman–Crippen MR) is 78.6 cm³/mol. The Balaban J connectivity index is 1.87. The van der Waals surface area contributed by atoms with Gasteiger partial charge in [-0.1, -0.05) is 36.4 Å². The van der Waals surface area contributed by atoms with Crippen LogP contribution in [0.5, 0.6) is 0 Å². The molecule has 0 aliphatic heterocycles. The van der Waals surface area contributed by atoms with Crippen LogP contribution in [0.3, 0.4) is 0 Å². The molecule has 2 aromatic carbocycles.